The zero-order valence-electron chi connectivity index (χ0n) is 20.6. The number of hydrogen-bond donors (Lipinski definition) is 1. The molecule has 7 nitrogen and oxygen atoms in total. The summed E-state index contributed by atoms with van der Waals surface area (Å²) in [6.45, 7) is 6.25. The molecule has 1 N–H and O–H groups in total. The lowest BCUT2D eigenvalue weighted by molar-refractivity contribution is 0.0885. The van der Waals surface area contributed by atoms with Gasteiger partial charge in [0.25, 0.3) is 5.56 Å². The highest BCUT2D eigenvalue weighted by Gasteiger charge is 2.47. The lowest BCUT2D eigenvalue weighted by atomic mass is 10.1. The Morgan fingerprint density at radius 2 is 1.86 bits per heavy atom. The first-order valence-electron chi connectivity index (χ1n) is 12.9. The average molecular weight is 518 g/mol. The number of nitrogens with zero attached hydrogens (tertiary/aromatic N) is 4. The number of benzene rings is 1. The van der Waals surface area contributed by atoms with E-state index in [-0.39, 0.29) is 16.6 Å². The summed E-state index contributed by atoms with van der Waals surface area (Å²) in [6.07, 6.45) is 7.26. The molecule has 2 aromatic rings. The standard InChI is InChI=1S/C19H24ClN5OS.C7H12O/c1-21-17-13-22-24(19(26)18(17)20)14-9-11-23(12-10-14)27-25(16-7-8-16)15-5-3-2-4-6-15;1-5-6-2-3-8-4-7(5)6/h2-6,13-14,16,21H,7-12H2,1H3;5-7H,2-4H2,1H3. The molecule has 6 rings (SSSR count). The first-order valence-corrected chi connectivity index (χ1v) is 14.0. The predicted molar refractivity (Wildman–Crippen MR) is 144 cm³/mol. The van der Waals surface area contributed by atoms with E-state index in [1.807, 2.05) is 12.1 Å². The first kappa shape index (κ1) is 24.9. The minimum absolute atomic E-state index is 0.101. The number of aromatic nitrogens is 2. The monoisotopic (exact) mass is 517 g/mol. The van der Waals surface area contributed by atoms with Crippen molar-refractivity contribution in [3.8, 4) is 0 Å². The third kappa shape index (κ3) is 5.82. The number of nitrogens with one attached hydrogen (secondary N) is 1. The minimum Gasteiger partial charge on any atom is -0.385 e. The Morgan fingerprint density at radius 1 is 1.11 bits per heavy atom. The van der Waals surface area contributed by atoms with Crippen LogP contribution in [-0.4, -0.2) is 53.5 Å². The van der Waals surface area contributed by atoms with Crippen LogP contribution >= 0.6 is 23.7 Å². The molecule has 190 valence electrons. The van der Waals surface area contributed by atoms with Gasteiger partial charge in [-0.3, -0.25) is 4.79 Å². The van der Waals surface area contributed by atoms with E-state index in [2.05, 4.69) is 56.3 Å². The fourth-order valence-electron chi connectivity index (χ4n) is 5.21. The van der Waals surface area contributed by atoms with Crippen molar-refractivity contribution in [3.05, 3.63) is 51.9 Å². The molecule has 35 heavy (non-hydrogen) atoms. The lowest BCUT2D eigenvalue weighted by Gasteiger charge is -2.35. The van der Waals surface area contributed by atoms with Crippen LogP contribution in [0.3, 0.4) is 0 Å². The maximum Gasteiger partial charge on any atom is 0.287 e. The lowest BCUT2D eigenvalue weighted by Crippen LogP contribution is -2.38. The molecule has 1 aromatic carbocycles. The van der Waals surface area contributed by atoms with Gasteiger partial charge in [0, 0.05) is 57.2 Å². The molecule has 3 atom stereocenters. The molecule has 4 fully saturated rings. The zero-order valence-corrected chi connectivity index (χ0v) is 22.2. The van der Waals surface area contributed by atoms with Crippen LogP contribution in [0, 0.1) is 17.8 Å². The van der Waals surface area contributed by atoms with Crippen molar-refractivity contribution >= 4 is 35.1 Å². The number of ether oxygens (including phenoxy) is 1. The molecule has 9 heteroatoms. The summed E-state index contributed by atoms with van der Waals surface area (Å²) in [7, 11) is 1.74. The molecular weight excluding hydrogens is 482 g/mol. The van der Waals surface area contributed by atoms with E-state index in [1.54, 1.807) is 17.9 Å². The Labute approximate surface area is 217 Å². The van der Waals surface area contributed by atoms with E-state index >= 15 is 0 Å². The van der Waals surface area contributed by atoms with Gasteiger partial charge in [0.15, 0.2) is 0 Å². The molecule has 0 amide bonds. The Bertz CT molecular complexity index is 1030. The number of para-hydroxylation sites is 1. The van der Waals surface area contributed by atoms with Crippen molar-refractivity contribution in [1.29, 1.82) is 0 Å². The molecular formula is C26H36ClN5O2S. The molecule has 2 saturated carbocycles. The van der Waals surface area contributed by atoms with E-state index in [0.29, 0.717) is 11.7 Å². The number of halogens is 1. The minimum atomic E-state index is -0.210. The van der Waals surface area contributed by atoms with Gasteiger partial charge >= 0.3 is 0 Å². The fourth-order valence-corrected chi connectivity index (χ4v) is 6.62. The van der Waals surface area contributed by atoms with Crippen molar-refractivity contribution < 1.29 is 4.74 Å². The summed E-state index contributed by atoms with van der Waals surface area (Å²) in [5.41, 5.74) is 1.63. The second-order valence-electron chi connectivity index (χ2n) is 10.1. The molecule has 4 aliphatic rings. The van der Waals surface area contributed by atoms with Crippen molar-refractivity contribution in [2.45, 2.75) is 51.1 Å². The normalized spacial score (nSPS) is 26.3. The number of piperidine rings is 1. The third-order valence-electron chi connectivity index (χ3n) is 7.74. The van der Waals surface area contributed by atoms with Crippen LogP contribution < -0.4 is 15.2 Å². The fraction of sp³-hybridized carbons (Fsp3) is 0.615. The van der Waals surface area contributed by atoms with Gasteiger partial charge in [0.2, 0.25) is 0 Å². The van der Waals surface area contributed by atoms with Gasteiger partial charge in [-0.2, -0.15) is 5.10 Å². The quantitative estimate of drug-likeness (QED) is 0.535. The first-order chi connectivity index (χ1) is 17.1. The van der Waals surface area contributed by atoms with Crippen LogP contribution in [0.1, 0.15) is 45.1 Å². The molecule has 0 bridgehead atoms. The number of anilines is 2. The second kappa shape index (κ2) is 11.1. The summed E-state index contributed by atoms with van der Waals surface area (Å²) in [5, 5.41) is 7.44. The van der Waals surface area contributed by atoms with Crippen LogP contribution in [0.15, 0.2) is 41.3 Å². The smallest absolute Gasteiger partial charge is 0.287 e. The van der Waals surface area contributed by atoms with Crippen molar-refractivity contribution in [3.63, 3.8) is 0 Å². The van der Waals surface area contributed by atoms with Crippen LogP contribution in [0.5, 0.6) is 0 Å². The van der Waals surface area contributed by atoms with E-state index in [1.165, 1.54) is 24.9 Å². The summed E-state index contributed by atoms with van der Waals surface area (Å²) in [5.74, 6) is 2.98. The van der Waals surface area contributed by atoms with Gasteiger partial charge < -0.3 is 14.4 Å². The van der Waals surface area contributed by atoms with Crippen molar-refractivity contribution in [2.24, 2.45) is 17.8 Å². The van der Waals surface area contributed by atoms with Crippen LogP contribution in [0.25, 0.3) is 0 Å². The molecule has 0 spiro atoms. The molecule has 3 unspecified atom stereocenters. The van der Waals surface area contributed by atoms with Crippen molar-refractivity contribution in [2.75, 3.05) is 43.0 Å². The summed E-state index contributed by atoms with van der Waals surface area (Å²) < 4.78 is 11.7. The van der Waals surface area contributed by atoms with E-state index in [9.17, 15) is 4.79 Å². The van der Waals surface area contributed by atoms with Gasteiger partial charge in [-0.15, -0.1) is 0 Å². The Kier molecular flexibility index (Phi) is 7.92. The second-order valence-corrected chi connectivity index (χ2v) is 11.5. The number of hydrogen-bond acceptors (Lipinski definition) is 7. The average Bonchev–Trinajstić information content (AvgIpc) is 3.84. The van der Waals surface area contributed by atoms with Gasteiger partial charge in [-0.1, -0.05) is 36.7 Å². The zero-order chi connectivity index (χ0) is 24.4. The van der Waals surface area contributed by atoms with E-state index in [0.717, 1.165) is 56.9 Å². The number of rotatable bonds is 6. The molecule has 2 aliphatic carbocycles. The van der Waals surface area contributed by atoms with Crippen molar-refractivity contribution in [1.82, 2.24) is 14.1 Å². The molecule has 2 saturated heterocycles. The summed E-state index contributed by atoms with van der Waals surface area (Å²) in [6, 6.07) is 11.3. The highest BCUT2D eigenvalue weighted by Crippen LogP contribution is 2.50. The SMILES string of the molecule is CC1C2CCOCC12.CNc1cnn(C2CCN(SN(c3ccccc3)C3CC3)CC2)c(=O)c1Cl. The third-order valence-corrected chi connectivity index (χ3v) is 9.39. The van der Waals surface area contributed by atoms with Crippen LogP contribution in [0.2, 0.25) is 5.02 Å². The summed E-state index contributed by atoms with van der Waals surface area (Å²) >= 11 is 7.99. The largest absolute Gasteiger partial charge is 0.385 e. The van der Waals surface area contributed by atoms with Crippen LogP contribution in [-0.2, 0) is 4.74 Å². The molecule has 3 heterocycles. The summed E-state index contributed by atoms with van der Waals surface area (Å²) in [4.78, 5) is 12.5. The van der Waals surface area contributed by atoms with E-state index < -0.39 is 0 Å². The van der Waals surface area contributed by atoms with Crippen LogP contribution in [0.4, 0.5) is 11.4 Å². The maximum absolute atomic E-state index is 12.5. The maximum atomic E-state index is 12.5. The highest BCUT2D eigenvalue weighted by molar-refractivity contribution is 7.98. The molecule has 1 aromatic heterocycles. The topological polar surface area (TPSA) is 62.6 Å². The van der Waals surface area contributed by atoms with Gasteiger partial charge in [-0.25, -0.2) is 8.99 Å². The van der Waals surface area contributed by atoms with Gasteiger partial charge in [-0.05, 0) is 62.0 Å². The predicted octanol–water partition coefficient (Wildman–Crippen LogP) is 5.10. The Hall–Kier alpha value is -1.74. The van der Waals surface area contributed by atoms with Gasteiger partial charge in [0.1, 0.15) is 5.02 Å². The van der Waals surface area contributed by atoms with E-state index in [4.69, 9.17) is 16.3 Å². The Morgan fingerprint density at radius 3 is 2.46 bits per heavy atom. The van der Waals surface area contributed by atoms with Gasteiger partial charge in [0.05, 0.1) is 17.9 Å². The molecule has 0 radical (unpaired) electrons. The molecule has 2 aliphatic heterocycles. The Balaban J connectivity index is 0.000000265. The highest BCUT2D eigenvalue weighted by atomic mass is 35.5. The number of fused-ring (bicyclic) bond motifs is 1.